The molecule has 1 aliphatic carbocycles. The fourth-order valence-electron chi connectivity index (χ4n) is 2.45. The van der Waals surface area contributed by atoms with Crippen LogP contribution in [-0.4, -0.2) is 31.8 Å². The molecule has 2 heterocycles. The molecule has 8 nitrogen and oxygen atoms in total. The van der Waals surface area contributed by atoms with Crippen molar-refractivity contribution in [2.24, 2.45) is 11.5 Å². The molecule has 0 aromatic carbocycles. The first-order valence-electron chi connectivity index (χ1n) is 5.78. The normalized spacial score (nSPS) is 12.8. The minimum atomic E-state index is -0.605. The predicted molar refractivity (Wildman–Crippen MR) is 64.9 cm³/mol. The Labute approximate surface area is 107 Å². The fourth-order valence-corrected chi connectivity index (χ4v) is 2.45. The van der Waals surface area contributed by atoms with Crippen LogP contribution in [-0.2, 0) is 24.2 Å². The molecule has 2 amide bonds. The van der Waals surface area contributed by atoms with Crippen LogP contribution < -0.4 is 11.5 Å². The van der Waals surface area contributed by atoms with Gasteiger partial charge in [0.25, 0.3) is 5.91 Å². The van der Waals surface area contributed by atoms with Crippen LogP contribution in [0.3, 0.4) is 0 Å². The third-order valence-electron chi connectivity index (χ3n) is 3.19. The summed E-state index contributed by atoms with van der Waals surface area (Å²) in [7, 11) is 0. The van der Waals surface area contributed by atoms with E-state index in [4.69, 9.17) is 11.5 Å². The average Bonchev–Trinajstić information content (AvgIpc) is 2.91. The van der Waals surface area contributed by atoms with E-state index < -0.39 is 11.8 Å². The standard InChI is InChI=1S/C11H12N6O2/c12-8(18)4-17-10-5(9(16-17)11(13)19)1-2-7-6(10)3-14-15-7/h3H,1-2,4H2,(H2,12,18)(H2,13,19)(H,14,15). The zero-order valence-electron chi connectivity index (χ0n) is 10.0. The number of carbonyl (C=O) groups excluding carboxylic acids is 2. The Bertz CT molecular complexity index is 683. The highest BCUT2D eigenvalue weighted by molar-refractivity contribution is 5.95. The summed E-state index contributed by atoms with van der Waals surface area (Å²) in [6.07, 6.45) is 3.00. The van der Waals surface area contributed by atoms with Crippen molar-refractivity contribution in [3.63, 3.8) is 0 Å². The van der Waals surface area contributed by atoms with E-state index in [1.807, 2.05) is 0 Å². The van der Waals surface area contributed by atoms with E-state index in [2.05, 4.69) is 15.3 Å². The molecule has 0 saturated heterocycles. The number of rotatable bonds is 3. The number of aryl methyl sites for hydroxylation is 1. The van der Waals surface area contributed by atoms with Crippen molar-refractivity contribution in [2.75, 3.05) is 0 Å². The maximum absolute atomic E-state index is 11.4. The maximum Gasteiger partial charge on any atom is 0.269 e. The van der Waals surface area contributed by atoms with Gasteiger partial charge in [-0.25, -0.2) is 0 Å². The Hall–Kier alpha value is -2.64. The first-order valence-corrected chi connectivity index (χ1v) is 5.78. The van der Waals surface area contributed by atoms with Crippen LogP contribution in [0.4, 0.5) is 0 Å². The number of hydrogen-bond donors (Lipinski definition) is 3. The monoisotopic (exact) mass is 260 g/mol. The number of hydrogen-bond acceptors (Lipinski definition) is 4. The van der Waals surface area contributed by atoms with Crippen molar-refractivity contribution in [3.05, 3.63) is 23.1 Å². The molecule has 3 rings (SSSR count). The largest absolute Gasteiger partial charge is 0.368 e. The van der Waals surface area contributed by atoms with E-state index in [1.165, 1.54) is 4.68 Å². The lowest BCUT2D eigenvalue weighted by atomic mass is 9.94. The molecular formula is C11H12N6O2. The maximum atomic E-state index is 11.4. The molecule has 2 aromatic rings. The lowest BCUT2D eigenvalue weighted by molar-refractivity contribution is -0.118. The number of H-pyrrole nitrogens is 1. The van der Waals surface area contributed by atoms with Crippen molar-refractivity contribution in [1.82, 2.24) is 20.0 Å². The number of nitrogens with zero attached hydrogens (tertiary/aromatic N) is 3. The third kappa shape index (κ3) is 1.68. The van der Waals surface area contributed by atoms with Crippen LogP contribution in [0.5, 0.6) is 0 Å². The van der Waals surface area contributed by atoms with Gasteiger partial charge in [0.2, 0.25) is 5.91 Å². The van der Waals surface area contributed by atoms with Gasteiger partial charge >= 0.3 is 0 Å². The van der Waals surface area contributed by atoms with Crippen molar-refractivity contribution >= 4 is 11.8 Å². The van der Waals surface area contributed by atoms with Crippen molar-refractivity contribution in [2.45, 2.75) is 19.4 Å². The van der Waals surface area contributed by atoms with Gasteiger partial charge in [-0.15, -0.1) is 0 Å². The summed E-state index contributed by atoms with van der Waals surface area (Å²) in [5.41, 5.74) is 14.0. The Balaban J connectivity index is 2.23. The number of aromatic amines is 1. The van der Waals surface area contributed by atoms with Gasteiger partial charge in [-0.05, 0) is 12.8 Å². The highest BCUT2D eigenvalue weighted by Crippen LogP contribution is 2.34. The summed E-state index contributed by atoms with van der Waals surface area (Å²) in [6, 6.07) is 0. The molecule has 0 bridgehead atoms. The quantitative estimate of drug-likeness (QED) is 0.649. The van der Waals surface area contributed by atoms with Crippen LogP contribution in [0.15, 0.2) is 6.20 Å². The summed E-state index contributed by atoms with van der Waals surface area (Å²) in [4.78, 5) is 22.5. The molecule has 98 valence electrons. The number of fused-ring (bicyclic) bond motifs is 3. The van der Waals surface area contributed by atoms with E-state index in [1.54, 1.807) is 6.20 Å². The van der Waals surface area contributed by atoms with Crippen molar-refractivity contribution in [1.29, 1.82) is 0 Å². The summed E-state index contributed by atoms with van der Waals surface area (Å²) in [5.74, 6) is -1.14. The van der Waals surface area contributed by atoms with E-state index in [9.17, 15) is 9.59 Å². The number of carbonyl (C=O) groups is 2. The van der Waals surface area contributed by atoms with Gasteiger partial charge in [0, 0.05) is 16.8 Å². The zero-order chi connectivity index (χ0) is 13.6. The van der Waals surface area contributed by atoms with Gasteiger partial charge in [0.05, 0.1) is 11.9 Å². The van der Waals surface area contributed by atoms with E-state index >= 15 is 0 Å². The van der Waals surface area contributed by atoms with Crippen LogP contribution in [0.2, 0.25) is 0 Å². The zero-order valence-corrected chi connectivity index (χ0v) is 10.0. The Morgan fingerprint density at radius 1 is 1.37 bits per heavy atom. The van der Waals surface area contributed by atoms with Crippen LogP contribution >= 0.6 is 0 Å². The number of nitrogens with two attached hydrogens (primary N) is 2. The van der Waals surface area contributed by atoms with Gasteiger partial charge in [0.15, 0.2) is 5.69 Å². The highest BCUT2D eigenvalue weighted by atomic mass is 16.1. The van der Waals surface area contributed by atoms with E-state index in [0.717, 1.165) is 23.2 Å². The summed E-state index contributed by atoms with van der Waals surface area (Å²) >= 11 is 0. The molecule has 0 unspecified atom stereocenters. The van der Waals surface area contributed by atoms with Crippen LogP contribution in [0, 0.1) is 0 Å². The molecule has 0 aliphatic heterocycles. The van der Waals surface area contributed by atoms with Gasteiger partial charge in [-0.2, -0.15) is 10.2 Å². The van der Waals surface area contributed by atoms with Gasteiger partial charge in [0.1, 0.15) is 6.54 Å². The molecule has 0 atom stereocenters. The summed E-state index contributed by atoms with van der Waals surface area (Å²) in [6.45, 7) is -0.0970. The molecule has 5 N–H and O–H groups in total. The van der Waals surface area contributed by atoms with Gasteiger partial charge < -0.3 is 11.5 Å². The summed E-state index contributed by atoms with van der Waals surface area (Å²) < 4.78 is 1.42. The second-order valence-electron chi connectivity index (χ2n) is 4.43. The molecule has 0 fully saturated rings. The molecule has 19 heavy (non-hydrogen) atoms. The molecular weight excluding hydrogens is 248 g/mol. The van der Waals surface area contributed by atoms with Crippen LogP contribution in [0.1, 0.15) is 21.7 Å². The molecule has 8 heteroatoms. The fraction of sp³-hybridized carbons (Fsp3) is 0.273. The lowest BCUT2D eigenvalue weighted by Crippen LogP contribution is -2.21. The number of primary amides is 2. The first kappa shape index (κ1) is 11.5. The molecule has 1 aliphatic rings. The van der Waals surface area contributed by atoms with E-state index in [0.29, 0.717) is 12.1 Å². The SMILES string of the molecule is NC(=O)Cn1nc(C(N)=O)c2c1-c1cn[nH]c1CC2. The topological polar surface area (TPSA) is 133 Å². The van der Waals surface area contributed by atoms with Gasteiger partial charge in [-0.3, -0.25) is 19.4 Å². The third-order valence-corrected chi connectivity index (χ3v) is 3.19. The minimum Gasteiger partial charge on any atom is -0.368 e. The summed E-state index contributed by atoms with van der Waals surface area (Å²) in [5, 5.41) is 11.0. The van der Waals surface area contributed by atoms with E-state index in [-0.39, 0.29) is 12.2 Å². The highest BCUT2D eigenvalue weighted by Gasteiger charge is 2.28. The van der Waals surface area contributed by atoms with Crippen molar-refractivity contribution < 1.29 is 9.59 Å². The number of aromatic nitrogens is 4. The first-order chi connectivity index (χ1) is 9.08. The average molecular weight is 260 g/mol. The number of nitrogens with one attached hydrogen (secondary N) is 1. The Kier molecular flexibility index (Phi) is 2.37. The van der Waals surface area contributed by atoms with Crippen LogP contribution in [0.25, 0.3) is 11.3 Å². The predicted octanol–water partition coefficient (Wildman–Crippen LogP) is -1.04. The molecule has 0 radical (unpaired) electrons. The minimum absolute atomic E-state index is 0.0970. The Morgan fingerprint density at radius 2 is 2.16 bits per heavy atom. The smallest absolute Gasteiger partial charge is 0.269 e. The Morgan fingerprint density at radius 3 is 2.84 bits per heavy atom. The second kappa shape index (κ2) is 3.94. The lowest BCUT2D eigenvalue weighted by Gasteiger charge is -2.13. The molecule has 0 spiro atoms. The van der Waals surface area contributed by atoms with Gasteiger partial charge in [-0.1, -0.05) is 0 Å². The van der Waals surface area contributed by atoms with Crippen molar-refractivity contribution in [3.8, 4) is 11.3 Å². The number of amides is 2. The second-order valence-corrected chi connectivity index (χ2v) is 4.43. The molecule has 0 saturated carbocycles. The molecule has 2 aromatic heterocycles.